The van der Waals surface area contributed by atoms with Crippen molar-refractivity contribution in [2.24, 2.45) is 0 Å². The van der Waals surface area contributed by atoms with Crippen LogP contribution in [0, 0.1) is 10.1 Å². The summed E-state index contributed by atoms with van der Waals surface area (Å²) in [5, 5.41) is 12.8. The van der Waals surface area contributed by atoms with Gasteiger partial charge in [0.05, 0.1) is 11.5 Å². The summed E-state index contributed by atoms with van der Waals surface area (Å²) in [6.45, 7) is 2.42. The summed E-state index contributed by atoms with van der Waals surface area (Å²) >= 11 is 0. The molecule has 6 heteroatoms. The molecule has 0 amide bonds. The highest BCUT2D eigenvalue weighted by Crippen LogP contribution is 2.25. The molecule has 1 aliphatic rings. The molecule has 0 aromatic heterocycles. The lowest BCUT2D eigenvalue weighted by Crippen LogP contribution is -3.00. The predicted molar refractivity (Wildman–Crippen MR) is 82.4 cm³/mol. The molecular formula is C17H19ClN2O3. The van der Waals surface area contributed by atoms with Crippen LogP contribution in [0.5, 0.6) is 0 Å². The summed E-state index contributed by atoms with van der Waals surface area (Å²) in [6, 6.07) is 15.2. The number of halogens is 1. The van der Waals surface area contributed by atoms with Crippen molar-refractivity contribution < 1.29 is 27.4 Å². The zero-order chi connectivity index (χ0) is 15.4. The van der Waals surface area contributed by atoms with Crippen LogP contribution in [0.4, 0.5) is 5.69 Å². The van der Waals surface area contributed by atoms with Crippen LogP contribution < -0.4 is 17.7 Å². The van der Waals surface area contributed by atoms with Crippen molar-refractivity contribution in [2.75, 3.05) is 13.2 Å². The summed E-state index contributed by atoms with van der Waals surface area (Å²) in [5.74, 6) is 0. The number of hydrogen-bond donors (Lipinski definition) is 1. The average Bonchev–Trinajstić information content (AvgIpc) is 2.55. The van der Waals surface area contributed by atoms with E-state index in [9.17, 15) is 10.1 Å². The van der Waals surface area contributed by atoms with Crippen LogP contribution in [0.3, 0.4) is 0 Å². The Balaban J connectivity index is 0.00000192. The van der Waals surface area contributed by atoms with E-state index in [2.05, 4.69) is 29.6 Å². The van der Waals surface area contributed by atoms with Gasteiger partial charge in [-0.1, -0.05) is 24.3 Å². The van der Waals surface area contributed by atoms with Crippen LogP contribution in [-0.4, -0.2) is 18.1 Å². The monoisotopic (exact) mass is 334 g/mol. The first-order valence-corrected chi connectivity index (χ1v) is 7.48. The standard InChI is InChI=1S/C17H18N2O3.ClH/c20-19(21)15-7-5-13(6-8-15)11-18-12-17-16-4-2-1-3-14(16)9-10-22-17;/h1-8,17-18H,9-12H2;1H. The molecule has 1 atom stereocenters. The third-order valence-corrected chi connectivity index (χ3v) is 4.00. The quantitative estimate of drug-likeness (QED) is 0.562. The zero-order valence-corrected chi connectivity index (χ0v) is 13.4. The molecule has 2 aromatic carbocycles. The minimum Gasteiger partial charge on any atom is -1.00 e. The maximum atomic E-state index is 10.6. The van der Waals surface area contributed by atoms with Crippen molar-refractivity contribution >= 4 is 5.69 Å². The Bertz CT molecular complexity index is 661. The van der Waals surface area contributed by atoms with E-state index in [1.807, 2.05) is 12.1 Å². The molecule has 0 fully saturated rings. The predicted octanol–water partition coefficient (Wildman–Crippen LogP) is -1.02. The Kier molecular flexibility index (Phi) is 6.10. The number of rotatable bonds is 5. The molecule has 2 aromatic rings. The Morgan fingerprint density at radius 2 is 1.91 bits per heavy atom. The Labute approximate surface area is 141 Å². The fourth-order valence-electron chi connectivity index (χ4n) is 2.83. The average molecular weight is 335 g/mol. The number of quaternary nitrogens is 1. The molecule has 23 heavy (non-hydrogen) atoms. The van der Waals surface area contributed by atoms with Crippen LogP contribution in [0.15, 0.2) is 48.5 Å². The third-order valence-electron chi connectivity index (χ3n) is 4.00. The van der Waals surface area contributed by atoms with Crippen molar-refractivity contribution in [2.45, 2.75) is 19.1 Å². The van der Waals surface area contributed by atoms with Gasteiger partial charge in [-0.3, -0.25) is 10.1 Å². The Morgan fingerprint density at radius 1 is 1.17 bits per heavy atom. The summed E-state index contributed by atoms with van der Waals surface area (Å²) in [4.78, 5) is 10.3. The van der Waals surface area contributed by atoms with Crippen molar-refractivity contribution in [1.82, 2.24) is 0 Å². The first-order chi connectivity index (χ1) is 10.7. The number of benzene rings is 2. The van der Waals surface area contributed by atoms with Gasteiger partial charge in [-0.2, -0.15) is 0 Å². The second kappa shape index (κ2) is 8.06. The van der Waals surface area contributed by atoms with E-state index in [0.29, 0.717) is 0 Å². The van der Waals surface area contributed by atoms with Gasteiger partial charge >= 0.3 is 0 Å². The molecule has 0 radical (unpaired) electrons. The molecular weight excluding hydrogens is 316 g/mol. The molecule has 3 rings (SSSR count). The van der Waals surface area contributed by atoms with E-state index < -0.39 is 0 Å². The van der Waals surface area contributed by atoms with Crippen molar-refractivity contribution in [1.29, 1.82) is 0 Å². The first-order valence-electron chi connectivity index (χ1n) is 7.48. The lowest BCUT2D eigenvalue weighted by molar-refractivity contribution is -0.678. The summed E-state index contributed by atoms with van der Waals surface area (Å²) in [5.41, 5.74) is 3.87. The molecule has 0 spiro atoms. The number of nitrogens with two attached hydrogens (primary N) is 1. The number of nitro groups is 1. The molecule has 0 saturated heterocycles. The normalized spacial score (nSPS) is 16.3. The van der Waals surface area contributed by atoms with Gasteiger partial charge in [0.25, 0.3) is 5.69 Å². The van der Waals surface area contributed by atoms with E-state index in [-0.39, 0.29) is 29.1 Å². The minimum absolute atomic E-state index is 0. The maximum Gasteiger partial charge on any atom is 0.269 e. The van der Waals surface area contributed by atoms with Crippen LogP contribution >= 0.6 is 0 Å². The second-order valence-corrected chi connectivity index (χ2v) is 5.46. The molecule has 1 heterocycles. The van der Waals surface area contributed by atoms with Crippen LogP contribution in [0.25, 0.3) is 0 Å². The van der Waals surface area contributed by atoms with Crippen molar-refractivity contribution in [3.63, 3.8) is 0 Å². The van der Waals surface area contributed by atoms with Gasteiger partial charge < -0.3 is 22.5 Å². The first kappa shape index (κ1) is 17.4. The van der Waals surface area contributed by atoms with Gasteiger partial charge in [0.2, 0.25) is 0 Å². The van der Waals surface area contributed by atoms with E-state index in [4.69, 9.17) is 4.74 Å². The highest BCUT2D eigenvalue weighted by molar-refractivity contribution is 5.32. The molecule has 2 N–H and O–H groups in total. The Hall–Kier alpha value is -1.95. The second-order valence-electron chi connectivity index (χ2n) is 5.46. The SMILES string of the molecule is O=[N+]([O-])c1ccc(C[NH2+]CC2OCCc3ccccc32)cc1.[Cl-]. The lowest BCUT2D eigenvalue weighted by Gasteiger charge is -2.24. The molecule has 0 bridgehead atoms. The molecule has 0 saturated carbocycles. The van der Waals surface area contributed by atoms with Gasteiger partial charge in [-0.05, 0) is 29.7 Å². The molecule has 0 aliphatic carbocycles. The lowest BCUT2D eigenvalue weighted by atomic mass is 9.97. The summed E-state index contributed by atoms with van der Waals surface area (Å²) in [6.07, 6.45) is 1.11. The van der Waals surface area contributed by atoms with E-state index in [0.717, 1.165) is 31.7 Å². The third kappa shape index (κ3) is 4.28. The molecule has 1 unspecified atom stereocenters. The maximum absolute atomic E-state index is 10.6. The number of hydrogen-bond acceptors (Lipinski definition) is 3. The highest BCUT2D eigenvalue weighted by atomic mass is 35.5. The van der Waals surface area contributed by atoms with Crippen LogP contribution in [0.1, 0.15) is 22.8 Å². The number of nitro benzene ring substituents is 1. The molecule has 122 valence electrons. The van der Waals surface area contributed by atoms with Gasteiger partial charge in [0.15, 0.2) is 0 Å². The number of non-ortho nitro benzene ring substituents is 1. The Morgan fingerprint density at radius 3 is 2.65 bits per heavy atom. The van der Waals surface area contributed by atoms with E-state index >= 15 is 0 Å². The van der Waals surface area contributed by atoms with Gasteiger partial charge in [0.1, 0.15) is 19.2 Å². The molecule has 5 nitrogen and oxygen atoms in total. The smallest absolute Gasteiger partial charge is 0.269 e. The topological polar surface area (TPSA) is 69.0 Å². The summed E-state index contributed by atoms with van der Waals surface area (Å²) < 4.78 is 5.87. The summed E-state index contributed by atoms with van der Waals surface area (Å²) in [7, 11) is 0. The number of fused-ring (bicyclic) bond motifs is 1. The van der Waals surface area contributed by atoms with Crippen molar-refractivity contribution in [3.8, 4) is 0 Å². The van der Waals surface area contributed by atoms with Crippen LogP contribution in [-0.2, 0) is 17.7 Å². The number of nitrogens with zero attached hydrogens (tertiary/aromatic N) is 1. The van der Waals surface area contributed by atoms with Gasteiger partial charge in [-0.15, -0.1) is 0 Å². The fourth-order valence-corrected chi connectivity index (χ4v) is 2.83. The van der Waals surface area contributed by atoms with E-state index in [1.165, 1.54) is 11.1 Å². The van der Waals surface area contributed by atoms with Crippen molar-refractivity contribution in [3.05, 3.63) is 75.3 Å². The fraction of sp³-hybridized carbons (Fsp3) is 0.294. The minimum atomic E-state index is -0.375. The van der Waals surface area contributed by atoms with Gasteiger partial charge in [-0.25, -0.2) is 0 Å². The van der Waals surface area contributed by atoms with E-state index in [1.54, 1.807) is 12.1 Å². The van der Waals surface area contributed by atoms with Gasteiger partial charge in [0, 0.05) is 17.7 Å². The molecule has 1 aliphatic heterocycles. The number of ether oxygens (including phenoxy) is 1. The van der Waals surface area contributed by atoms with Crippen LogP contribution in [0.2, 0.25) is 0 Å². The largest absolute Gasteiger partial charge is 1.00 e. The zero-order valence-electron chi connectivity index (χ0n) is 12.7. The highest BCUT2D eigenvalue weighted by Gasteiger charge is 2.21.